The molecule has 0 atom stereocenters. The fourth-order valence-electron chi connectivity index (χ4n) is 1.93. The molecule has 0 bridgehead atoms. The van der Waals surface area contributed by atoms with Gasteiger partial charge in [0.2, 0.25) is 5.91 Å². The Balaban J connectivity index is 2.00. The molecule has 0 saturated heterocycles. The van der Waals surface area contributed by atoms with Gasteiger partial charge in [0.1, 0.15) is 12.0 Å². The zero-order valence-corrected chi connectivity index (χ0v) is 8.53. The monoisotopic (exact) mass is 209 g/mol. The van der Waals surface area contributed by atoms with E-state index in [1.165, 1.54) is 18.9 Å². The Morgan fingerprint density at radius 1 is 1.47 bits per heavy atom. The highest BCUT2D eigenvalue weighted by Crippen LogP contribution is 2.27. The standard InChI is InChI=1S/C10H15N3O2/c11-10(4-2-1-3-5-10)9(14)13-8-6-12-15-7-8/h6-7H,1-5,11H2,(H,13,14). The molecular formula is C10H15N3O2. The number of nitrogens with two attached hydrogens (primary N) is 1. The molecule has 5 heteroatoms. The van der Waals surface area contributed by atoms with Crippen molar-refractivity contribution in [3.8, 4) is 0 Å². The van der Waals surface area contributed by atoms with Gasteiger partial charge in [-0.1, -0.05) is 24.4 Å². The van der Waals surface area contributed by atoms with Crippen LogP contribution in [0.2, 0.25) is 0 Å². The third-order valence-corrected chi connectivity index (χ3v) is 2.89. The summed E-state index contributed by atoms with van der Waals surface area (Å²) in [5, 5.41) is 6.22. The third kappa shape index (κ3) is 2.18. The number of rotatable bonds is 2. The molecule has 15 heavy (non-hydrogen) atoms. The molecule has 82 valence electrons. The summed E-state index contributed by atoms with van der Waals surface area (Å²) in [4.78, 5) is 11.9. The van der Waals surface area contributed by atoms with Gasteiger partial charge >= 0.3 is 0 Å². The van der Waals surface area contributed by atoms with Crippen molar-refractivity contribution in [2.75, 3.05) is 5.32 Å². The van der Waals surface area contributed by atoms with Gasteiger partial charge in [0.25, 0.3) is 0 Å². The van der Waals surface area contributed by atoms with E-state index in [1.807, 2.05) is 0 Å². The highest BCUT2D eigenvalue weighted by Gasteiger charge is 2.35. The highest BCUT2D eigenvalue weighted by molar-refractivity contribution is 5.97. The number of carbonyl (C=O) groups is 1. The Morgan fingerprint density at radius 2 is 2.20 bits per heavy atom. The molecule has 1 saturated carbocycles. The topological polar surface area (TPSA) is 81.2 Å². The molecule has 1 aliphatic carbocycles. The van der Waals surface area contributed by atoms with E-state index in [4.69, 9.17) is 5.73 Å². The van der Waals surface area contributed by atoms with Crippen molar-refractivity contribution in [3.63, 3.8) is 0 Å². The molecule has 2 rings (SSSR count). The minimum Gasteiger partial charge on any atom is -0.363 e. The van der Waals surface area contributed by atoms with Crippen LogP contribution in [-0.4, -0.2) is 16.6 Å². The first-order valence-electron chi connectivity index (χ1n) is 5.20. The van der Waals surface area contributed by atoms with Crippen LogP contribution in [0.25, 0.3) is 0 Å². The summed E-state index contributed by atoms with van der Waals surface area (Å²) in [6, 6.07) is 0. The predicted molar refractivity (Wildman–Crippen MR) is 55.1 cm³/mol. The Kier molecular flexibility index (Phi) is 2.73. The summed E-state index contributed by atoms with van der Waals surface area (Å²) < 4.78 is 4.63. The summed E-state index contributed by atoms with van der Waals surface area (Å²) in [6.07, 6.45) is 7.57. The van der Waals surface area contributed by atoms with Gasteiger partial charge < -0.3 is 15.6 Å². The lowest BCUT2D eigenvalue weighted by molar-refractivity contribution is -0.122. The maximum absolute atomic E-state index is 11.9. The fraction of sp³-hybridized carbons (Fsp3) is 0.600. The minimum absolute atomic E-state index is 0.134. The molecule has 1 fully saturated rings. The van der Waals surface area contributed by atoms with E-state index in [9.17, 15) is 4.79 Å². The van der Waals surface area contributed by atoms with Gasteiger partial charge in [-0.2, -0.15) is 0 Å². The van der Waals surface area contributed by atoms with E-state index in [0.29, 0.717) is 5.69 Å². The summed E-state index contributed by atoms with van der Waals surface area (Å²) in [5.74, 6) is -0.134. The van der Waals surface area contributed by atoms with Crippen LogP contribution in [0.4, 0.5) is 5.69 Å². The second-order valence-corrected chi connectivity index (χ2v) is 4.08. The molecule has 1 heterocycles. The van der Waals surface area contributed by atoms with Crippen molar-refractivity contribution in [1.82, 2.24) is 5.16 Å². The molecule has 0 spiro atoms. The second-order valence-electron chi connectivity index (χ2n) is 4.08. The SMILES string of the molecule is NC1(C(=O)Nc2cnoc2)CCCCC1. The summed E-state index contributed by atoms with van der Waals surface area (Å²) >= 11 is 0. The Hall–Kier alpha value is -1.36. The smallest absolute Gasteiger partial charge is 0.244 e. The summed E-state index contributed by atoms with van der Waals surface area (Å²) in [5.41, 5.74) is 5.91. The first kappa shape index (κ1) is 10.2. The van der Waals surface area contributed by atoms with Gasteiger partial charge in [-0.15, -0.1) is 0 Å². The van der Waals surface area contributed by atoms with Crippen molar-refractivity contribution in [2.24, 2.45) is 5.73 Å². The Labute approximate surface area is 88.0 Å². The van der Waals surface area contributed by atoms with Crippen LogP contribution in [0.5, 0.6) is 0 Å². The minimum atomic E-state index is -0.713. The first-order chi connectivity index (χ1) is 7.21. The van der Waals surface area contributed by atoms with E-state index in [1.54, 1.807) is 0 Å². The largest absolute Gasteiger partial charge is 0.363 e. The van der Waals surface area contributed by atoms with Gasteiger partial charge in [0.15, 0.2) is 0 Å². The van der Waals surface area contributed by atoms with Crippen LogP contribution in [-0.2, 0) is 4.79 Å². The second kappa shape index (κ2) is 4.02. The van der Waals surface area contributed by atoms with Gasteiger partial charge in [-0.05, 0) is 12.8 Å². The molecule has 0 aromatic carbocycles. The average Bonchev–Trinajstić information content (AvgIpc) is 2.71. The van der Waals surface area contributed by atoms with Crippen LogP contribution in [0.3, 0.4) is 0 Å². The number of hydrogen-bond acceptors (Lipinski definition) is 4. The normalized spacial score (nSPS) is 19.8. The van der Waals surface area contributed by atoms with E-state index >= 15 is 0 Å². The molecule has 0 aliphatic heterocycles. The van der Waals surface area contributed by atoms with Crippen molar-refractivity contribution in [1.29, 1.82) is 0 Å². The van der Waals surface area contributed by atoms with Crippen LogP contribution in [0.15, 0.2) is 17.0 Å². The number of carbonyl (C=O) groups excluding carboxylic acids is 1. The number of amides is 1. The van der Waals surface area contributed by atoms with Crippen molar-refractivity contribution in [3.05, 3.63) is 12.5 Å². The van der Waals surface area contributed by atoms with Crippen LogP contribution < -0.4 is 11.1 Å². The number of nitrogens with one attached hydrogen (secondary N) is 1. The van der Waals surface area contributed by atoms with Crippen molar-refractivity contribution < 1.29 is 9.32 Å². The lowest BCUT2D eigenvalue weighted by atomic mass is 9.82. The maximum Gasteiger partial charge on any atom is 0.244 e. The fourth-order valence-corrected chi connectivity index (χ4v) is 1.93. The van der Waals surface area contributed by atoms with E-state index in [-0.39, 0.29) is 5.91 Å². The van der Waals surface area contributed by atoms with E-state index in [2.05, 4.69) is 15.0 Å². The molecule has 1 amide bonds. The predicted octanol–water partition coefficient (Wildman–Crippen LogP) is 1.27. The number of hydrogen-bond donors (Lipinski definition) is 2. The molecular weight excluding hydrogens is 194 g/mol. The van der Waals surface area contributed by atoms with E-state index in [0.717, 1.165) is 25.7 Å². The maximum atomic E-state index is 11.9. The zero-order valence-electron chi connectivity index (χ0n) is 8.53. The van der Waals surface area contributed by atoms with Crippen LogP contribution in [0, 0.1) is 0 Å². The Bertz CT molecular complexity index is 328. The Morgan fingerprint density at radius 3 is 2.80 bits per heavy atom. The molecule has 5 nitrogen and oxygen atoms in total. The van der Waals surface area contributed by atoms with Crippen LogP contribution >= 0.6 is 0 Å². The number of nitrogens with zero attached hydrogens (tertiary/aromatic N) is 1. The number of anilines is 1. The molecule has 3 N–H and O–H groups in total. The lowest BCUT2D eigenvalue weighted by Crippen LogP contribution is -2.52. The number of aromatic nitrogens is 1. The van der Waals surface area contributed by atoms with E-state index < -0.39 is 5.54 Å². The third-order valence-electron chi connectivity index (χ3n) is 2.89. The van der Waals surface area contributed by atoms with Gasteiger partial charge in [0, 0.05) is 0 Å². The molecule has 0 radical (unpaired) electrons. The van der Waals surface area contributed by atoms with Gasteiger partial charge in [-0.25, -0.2) is 0 Å². The summed E-state index contributed by atoms with van der Waals surface area (Å²) in [7, 11) is 0. The molecule has 1 aliphatic rings. The van der Waals surface area contributed by atoms with Gasteiger partial charge in [0.05, 0.1) is 11.7 Å². The van der Waals surface area contributed by atoms with Crippen LogP contribution in [0.1, 0.15) is 32.1 Å². The lowest BCUT2D eigenvalue weighted by Gasteiger charge is -2.31. The molecule has 1 aromatic heterocycles. The van der Waals surface area contributed by atoms with Crippen molar-refractivity contribution in [2.45, 2.75) is 37.6 Å². The molecule has 1 aromatic rings. The average molecular weight is 209 g/mol. The summed E-state index contributed by atoms with van der Waals surface area (Å²) in [6.45, 7) is 0. The van der Waals surface area contributed by atoms with Gasteiger partial charge in [-0.3, -0.25) is 4.79 Å². The van der Waals surface area contributed by atoms with Crippen molar-refractivity contribution >= 4 is 11.6 Å². The first-order valence-corrected chi connectivity index (χ1v) is 5.20. The highest BCUT2D eigenvalue weighted by atomic mass is 16.5. The zero-order chi connectivity index (χ0) is 10.7. The molecule has 0 unspecified atom stereocenters. The quantitative estimate of drug-likeness (QED) is 0.768.